The van der Waals surface area contributed by atoms with Crippen molar-refractivity contribution in [3.05, 3.63) is 54.1 Å². The van der Waals surface area contributed by atoms with E-state index >= 15 is 8.78 Å². The number of benzene rings is 2. The minimum atomic E-state index is -4.51. The van der Waals surface area contributed by atoms with Gasteiger partial charge in [0.25, 0.3) is 5.92 Å². The van der Waals surface area contributed by atoms with Crippen LogP contribution in [-0.2, 0) is 20.7 Å². The van der Waals surface area contributed by atoms with Gasteiger partial charge in [0.2, 0.25) is 15.9 Å². The molecule has 2 saturated carbocycles. The predicted octanol–water partition coefficient (Wildman–Crippen LogP) is 5.75. The van der Waals surface area contributed by atoms with Gasteiger partial charge in [-0.15, -0.1) is 0 Å². The van der Waals surface area contributed by atoms with E-state index in [1.54, 1.807) is 0 Å². The van der Waals surface area contributed by atoms with Crippen molar-refractivity contribution in [3.8, 4) is 11.5 Å². The SMILES string of the molecule is NC1CCN(C(=O)[C@@H](NS(=O)(=O)c2ccc(OCC3CCCCC3)cc2)C(F)(F)c2ccc(OC3CCCCC3)cc2)CC1. The highest BCUT2D eigenvalue weighted by Gasteiger charge is 2.50. The third-order valence-electron chi connectivity index (χ3n) is 9.17. The lowest BCUT2D eigenvalue weighted by molar-refractivity contribution is -0.145. The summed E-state index contributed by atoms with van der Waals surface area (Å²) < 4.78 is 73.3. The maximum Gasteiger partial charge on any atom is 0.298 e. The molecule has 1 aliphatic heterocycles. The number of nitrogens with zero attached hydrogens (tertiary/aromatic N) is 1. The number of hydrogen-bond acceptors (Lipinski definition) is 6. The van der Waals surface area contributed by atoms with Crippen molar-refractivity contribution in [3.63, 3.8) is 0 Å². The van der Waals surface area contributed by atoms with Crippen molar-refractivity contribution < 1.29 is 31.5 Å². The van der Waals surface area contributed by atoms with E-state index < -0.39 is 33.5 Å². The number of carbonyl (C=O) groups excluding carboxylic acids is 1. The number of ether oxygens (including phenoxy) is 2. The van der Waals surface area contributed by atoms with Gasteiger partial charge in [0.1, 0.15) is 11.5 Å². The Morgan fingerprint density at radius 3 is 2.05 bits per heavy atom. The summed E-state index contributed by atoms with van der Waals surface area (Å²) in [6, 6.07) is 8.51. The van der Waals surface area contributed by atoms with Crippen molar-refractivity contribution >= 4 is 15.9 Å². The summed E-state index contributed by atoms with van der Waals surface area (Å²) in [4.78, 5) is 14.6. The number of hydrogen-bond donors (Lipinski definition) is 2. The summed E-state index contributed by atoms with van der Waals surface area (Å²) in [5.41, 5.74) is 5.49. The first-order valence-corrected chi connectivity index (χ1v) is 17.5. The van der Waals surface area contributed by atoms with Crippen molar-refractivity contribution in [2.45, 2.75) is 106 Å². The number of halogens is 2. The Balaban J connectivity index is 1.33. The molecule has 5 rings (SSSR count). The Bertz CT molecular complexity index is 1320. The molecule has 3 aliphatic rings. The molecule has 2 aliphatic carbocycles. The summed E-state index contributed by atoms with van der Waals surface area (Å²) in [6.07, 6.45) is 11.9. The summed E-state index contributed by atoms with van der Waals surface area (Å²) >= 11 is 0. The van der Waals surface area contributed by atoms with Gasteiger partial charge in [-0.05, 0) is 106 Å². The molecule has 1 saturated heterocycles. The van der Waals surface area contributed by atoms with Crippen molar-refractivity contribution in [2.24, 2.45) is 11.7 Å². The van der Waals surface area contributed by atoms with Gasteiger partial charge < -0.3 is 20.1 Å². The highest BCUT2D eigenvalue weighted by atomic mass is 32.2. The Hall–Kier alpha value is -2.76. The maximum atomic E-state index is 16.2. The Kier molecular flexibility index (Phi) is 10.8. The summed E-state index contributed by atoms with van der Waals surface area (Å²) in [5, 5.41) is 0. The fourth-order valence-corrected chi connectivity index (χ4v) is 7.58. The van der Waals surface area contributed by atoms with Crippen LogP contribution in [0.4, 0.5) is 8.78 Å². The molecule has 11 heteroatoms. The second kappa shape index (κ2) is 14.6. The first-order valence-electron chi connectivity index (χ1n) is 16.1. The molecule has 1 amide bonds. The first kappa shape index (κ1) is 32.6. The largest absolute Gasteiger partial charge is 0.493 e. The minimum absolute atomic E-state index is 0.0470. The summed E-state index contributed by atoms with van der Waals surface area (Å²) in [5.74, 6) is -3.39. The van der Waals surface area contributed by atoms with Crippen LogP contribution in [-0.4, -0.2) is 57.1 Å². The zero-order valence-electron chi connectivity index (χ0n) is 25.3. The Labute approximate surface area is 259 Å². The highest BCUT2D eigenvalue weighted by Crippen LogP contribution is 2.36. The lowest BCUT2D eigenvalue weighted by atomic mass is 9.90. The molecule has 3 N–H and O–H groups in total. The van der Waals surface area contributed by atoms with Crippen molar-refractivity contribution in [1.29, 1.82) is 0 Å². The monoisotopic (exact) mass is 633 g/mol. The fourth-order valence-electron chi connectivity index (χ4n) is 6.39. The van der Waals surface area contributed by atoms with Crippen LogP contribution in [0.15, 0.2) is 53.4 Å². The number of likely N-dealkylation sites (tertiary alicyclic amines) is 1. The zero-order chi connectivity index (χ0) is 31.2. The zero-order valence-corrected chi connectivity index (χ0v) is 26.1. The lowest BCUT2D eigenvalue weighted by Crippen LogP contribution is -2.57. The van der Waals surface area contributed by atoms with Crippen molar-refractivity contribution in [1.82, 2.24) is 9.62 Å². The summed E-state index contributed by atoms with van der Waals surface area (Å²) in [7, 11) is -4.51. The molecule has 0 unspecified atom stereocenters. The number of carbonyl (C=O) groups is 1. The van der Waals surface area contributed by atoms with E-state index in [9.17, 15) is 13.2 Å². The number of piperidine rings is 1. The van der Waals surface area contributed by atoms with Crippen LogP contribution < -0.4 is 19.9 Å². The molecule has 3 fully saturated rings. The minimum Gasteiger partial charge on any atom is -0.493 e. The molecular formula is C33H45F2N3O5S. The number of amides is 1. The number of nitrogens with two attached hydrogens (primary N) is 1. The topological polar surface area (TPSA) is 111 Å². The molecule has 0 radical (unpaired) electrons. The average molecular weight is 634 g/mol. The number of sulfonamides is 1. The second-order valence-corrected chi connectivity index (χ2v) is 14.2. The average Bonchev–Trinajstić information content (AvgIpc) is 3.04. The van der Waals surface area contributed by atoms with E-state index in [2.05, 4.69) is 4.72 Å². The second-order valence-electron chi connectivity index (χ2n) is 12.5. The van der Waals surface area contributed by atoms with Gasteiger partial charge >= 0.3 is 0 Å². The lowest BCUT2D eigenvalue weighted by Gasteiger charge is -2.35. The smallest absolute Gasteiger partial charge is 0.298 e. The van der Waals surface area contributed by atoms with Crippen LogP contribution in [0.2, 0.25) is 0 Å². The van der Waals surface area contributed by atoms with E-state index in [4.69, 9.17) is 15.2 Å². The van der Waals surface area contributed by atoms with Crippen molar-refractivity contribution in [2.75, 3.05) is 19.7 Å². The highest BCUT2D eigenvalue weighted by molar-refractivity contribution is 7.89. The quantitative estimate of drug-likeness (QED) is 0.326. The van der Waals surface area contributed by atoms with E-state index in [1.165, 1.54) is 72.7 Å². The van der Waals surface area contributed by atoms with Gasteiger partial charge in [0.15, 0.2) is 6.04 Å². The number of nitrogens with one attached hydrogen (secondary N) is 1. The molecule has 44 heavy (non-hydrogen) atoms. The fraction of sp³-hybridized carbons (Fsp3) is 0.606. The third kappa shape index (κ3) is 8.28. The number of rotatable bonds is 11. The normalized spacial score (nSPS) is 20.3. The van der Waals surface area contributed by atoms with Gasteiger partial charge in [-0.1, -0.05) is 25.7 Å². The van der Waals surface area contributed by atoms with E-state index in [0.717, 1.165) is 44.9 Å². The molecule has 2 aromatic carbocycles. The predicted molar refractivity (Wildman–Crippen MR) is 164 cm³/mol. The van der Waals surface area contributed by atoms with Gasteiger partial charge in [-0.2, -0.15) is 13.5 Å². The molecule has 8 nitrogen and oxygen atoms in total. The van der Waals surface area contributed by atoms with Gasteiger partial charge in [0, 0.05) is 24.7 Å². The van der Waals surface area contributed by atoms with Gasteiger partial charge in [-0.25, -0.2) is 8.42 Å². The summed E-state index contributed by atoms with van der Waals surface area (Å²) in [6.45, 7) is 0.905. The van der Waals surface area contributed by atoms with E-state index in [1.807, 2.05) is 0 Å². The molecule has 0 aromatic heterocycles. The molecule has 1 heterocycles. The van der Waals surface area contributed by atoms with Crippen LogP contribution in [0.3, 0.4) is 0 Å². The van der Waals surface area contributed by atoms with Crippen LogP contribution in [0.25, 0.3) is 0 Å². The van der Waals surface area contributed by atoms with Crippen LogP contribution in [0, 0.1) is 5.92 Å². The molecule has 0 bridgehead atoms. The van der Waals surface area contributed by atoms with Gasteiger partial charge in [0.05, 0.1) is 17.6 Å². The number of alkyl halides is 2. The third-order valence-corrected chi connectivity index (χ3v) is 10.6. The van der Waals surface area contributed by atoms with E-state index in [0.29, 0.717) is 36.9 Å². The standard InChI is InChI=1S/C33H45F2N3O5S/c34-33(35,25-11-13-29(14-12-25)43-28-9-5-2-6-10-28)31(32(39)38-21-19-26(36)20-22-38)37-44(40,41)30-17-15-27(16-18-30)42-23-24-7-3-1-4-8-24/h11-18,24,26,28,31,37H,1-10,19-23,36H2/t31-/m1/s1. The first-order chi connectivity index (χ1) is 21.1. The van der Waals surface area contributed by atoms with E-state index in [-0.39, 0.29) is 30.1 Å². The van der Waals surface area contributed by atoms with Crippen LogP contribution in [0.5, 0.6) is 11.5 Å². The van der Waals surface area contributed by atoms with Crippen LogP contribution >= 0.6 is 0 Å². The van der Waals surface area contributed by atoms with Gasteiger partial charge in [-0.3, -0.25) is 4.79 Å². The Morgan fingerprint density at radius 2 is 1.43 bits per heavy atom. The van der Waals surface area contributed by atoms with Crippen LogP contribution in [0.1, 0.15) is 82.6 Å². The maximum absolute atomic E-state index is 16.2. The molecule has 242 valence electrons. The Morgan fingerprint density at radius 1 is 0.864 bits per heavy atom. The molecule has 2 aromatic rings. The molecule has 0 spiro atoms. The molecular weight excluding hydrogens is 588 g/mol. The molecule has 1 atom stereocenters.